The van der Waals surface area contributed by atoms with Crippen molar-refractivity contribution < 1.29 is 14.5 Å². The molecular formula is C9H6ClNO4. The van der Waals surface area contributed by atoms with Crippen molar-refractivity contribution in [1.29, 1.82) is 0 Å². The number of benzene rings is 1. The van der Waals surface area contributed by atoms with Crippen LogP contribution < -0.4 is 0 Å². The highest BCUT2D eigenvalue weighted by Crippen LogP contribution is 2.22. The third-order valence-electron chi connectivity index (χ3n) is 1.89. The minimum Gasteiger partial charge on any atom is -0.298 e. The lowest BCUT2D eigenvalue weighted by Crippen LogP contribution is -2.02. The van der Waals surface area contributed by atoms with Gasteiger partial charge in [-0.25, -0.2) is 0 Å². The van der Waals surface area contributed by atoms with E-state index in [0.29, 0.717) is 11.8 Å². The average Bonchev–Trinajstić information content (AvgIpc) is 2.15. The smallest absolute Gasteiger partial charge is 0.270 e. The Morgan fingerprint density at radius 2 is 2.13 bits per heavy atom. The van der Waals surface area contributed by atoms with Crippen LogP contribution in [0.3, 0.4) is 0 Å². The predicted molar refractivity (Wildman–Crippen MR) is 53.4 cm³/mol. The van der Waals surface area contributed by atoms with Gasteiger partial charge in [0.2, 0.25) is 0 Å². The maximum Gasteiger partial charge on any atom is 0.270 e. The average molecular weight is 228 g/mol. The molecule has 0 unspecified atom stereocenters. The van der Waals surface area contributed by atoms with Gasteiger partial charge in [0.25, 0.3) is 10.9 Å². The maximum atomic E-state index is 11.0. The molecule has 0 amide bonds. The van der Waals surface area contributed by atoms with E-state index in [2.05, 4.69) is 0 Å². The van der Waals surface area contributed by atoms with Gasteiger partial charge in [0.1, 0.15) is 0 Å². The number of hydrogen-bond acceptors (Lipinski definition) is 4. The van der Waals surface area contributed by atoms with Crippen molar-refractivity contribution in [1.82, 2.24) is 0 Å². The van der Waals surface area contributed by atoms with Crippen LogP contribution in [0.5, 0.6) is 0 Å². The van der Waals surface area contributed by atoms with Gasteiger partial charge >= 0.3 is 0 Å². The Balaban J connectivity index is 3.50. The molecule has 0 aliphatic heterocycles. The summed E-state index contributed by atoms with van der Waals surface area (Å²) in [7, 11) is 0. The van der Waals surface area contributed by atoms with Gasteiger partial charge in [0.15, 0.2) is 6.29 Å². The fraction of sp³-hybridized carbons (Fsp3) is 0.111. The second-order valence-corrected chi connectivity index (χ2v) is 3.22. The van der Waals surface area contributed by atoms with Crippen LogP contribution in [-0.2, 0) is 0 Å². The first-order chi connectivity index (χ1) is 6.97. The van der Waals surface area contributed by atoms with E-state index < -0.39 is 10.2 Å². The van der Waals surface area contributed by atoms with Crippen LogP contribution in [0.4, 0.5) is 5.69 Å². The summed E-state index contributed by atoms with van der Waals surface area (Å²) < 4.78 is 0. The highest BCUT2D eigenvalue weighted by molar-refractivity contribution is 6.68. The molecule has 0 aliphatic rings. The summed E-state index contributed by atoms with van der Waals surface area (Å²) in [5, 5.41) is 9.67. The normalized spacial score (nSPS) is 9.73. The van der Waals surface area contributed by atoms with Crippen LogP contribution in [0.1, 0.15) is 26.3 Å². The van der Waals surface area contributed by atoms with Gasteiger partial charge < -0.3 is 0 Å². The molecule has 6 heteroatoms. The van der Waals surface area contributed by atoms with E-state index in [1.165, 1.54) is 13.0 Å². The number of carbonyl (C=O) groups is 2. The van der Waals surface area contributed by atoms with E-state index in [0.717, 1.165) is 6.07 Å². The quantitative estimate of drug-likeness (QED) is 0.343. The third-order valence-corrected chi connectivity index (χ3v) is 2.07. The van der Waals surface area contributed by atoms with Gasteiger partial charge in [-0.05, 0) is 24.1 Å². The van der Waals surface area contributed by atoms with Crippen LogP contribution >= 0.6 is 11.6 Å². The minimum absolute atomic E-state index is 0.0114. The van der Waals surface area contributed by atoms with Gasteiger partial charge in [-0.15, -0.1) is 0 Å². The fourth-order valence-corrected chi connectivity index (χ4v) is 1.52. The zero-order valence-electron chi connectivity index (χ0n) is 7.69. The Kier molecular flexibility index (Phi) is 3.16. The monoisotopic (exact) mass is 227 g/mol. The molecule has 0 saturated carbocycles. The van der Waals surface area contributed by atoms with E-state index in [1.54, 1.807) is 0 Å². The summed E-state index contributed by atoms with van der Waals surface area (Å²) in [5.41, 5.74) is 0.0153. The van der Waals surface area contributed by atoms with E-state index in [9.17, 15) is 19.7 Å². The van der Waals surface area contributed by atoms with Crippen LogP contribution in [-0.4, -0.2) is 16.5 Å². The number of halogens is 1. The zero-order chi connectivity index (χ0) is 11.6. The van der Waals surface area contributed by atoms with Crippen molar-refractivity contribution in [3.8, 4) is 0 Å². The zero-order valence-corrected chi connectivity index (χ0v) is 8.45. The third kappa shape index (κ3) is 2.19. The molecule has 0 aromatic heterocycles. The molecule has 0 bridgehead atoms. The number of aldehydes is 1. The highest BCUT2D eigenvalue weighted by atomic mass is 35.5. The standard InChI is InChI=1S/C9H6ClNO4/c1-5-2-7(11(14)15)3-6(4-12)8(5)9(10)13/h2-4H,1H3. The lowest BCUT2D eigenvalue weighted by molar-refractivity contribution is -0.384. The molecule has 15 heavy (non-hydrogen) atoms. The number of rotatable bonds is 3. The topological polar surface area (TPSA) is 77.3 Å². The van der Waals surface area contributed by atoms with Crippen LogP contribution in [0, 0.1) is 17.0 Å². The molecule has 1 rings (SSSR count). The van der Waals surface area contributed by atoms with Crippen molar-refractivity contribution >= 4 is 28.8 Å². The first-order valence-electron chi connectivity index (χ1n) is 3.91. The highest BCUT2D eigenvalue weighted by Gasteiger charge is 2.17. The van der Waals surface area contributed by atoms with E-state index in [-0.39, 0.29) is 16.8 Å². The molecule has 0 N–H and O–H groups in total. The molecule has 0 radical (unpaired) electrons. The summed E-state index contributed by atoms with van der Waals surface area (Å²) in [6, 6.07) is 2.22. The number of nitro groups is 1. The molecule has 5 nitrogen and oxygen atoms in total. The first kappa shape index (κ1) is 11.3. The van der Waals surface area contributed by atoms with Crippen molar-refractivity contribution in [2.45, 2.75) is 6.92 Å². The summed E-state index contributed by atoms with van der Waals surface area (Å²) >= 11 is 5.26. The van der Waals surface area contributed by atoms with Crippen LogP contribution in [0.15, 0.2) is 12.1 Å². The molecule has 0 saturated heterocycles. The molecule has 0 aliphatic carbocycles. The second kappa shape index (κ2) is 4.18. The molecule has 78 valence electrons. The largest absolute Gasteiger partial charge is 0.298 e. The van der Waals surface area contributed by atoms with Crippen molar-refractivity contribution in [3.63, 3.8) is 0 Å². The minimum atomic E-state index is -0.801. The Morgan fingerprint density at radius 3 is 2.53 bits per heavy atom. The molecule has 1 aromatic rings. The summed E-state index contributed by atoms with van der Waals surface area (Å²) in [6.45, 7) is 1.48. The SMILES string of the molecule is Cc1cc([N+](=O)[O-])cc(C=O)c1C(=O)Cl. The number of aryl methyl sites for hydroxylation is 1. The molecule has 1 aromatic carbocycles. The van der Waals surface area contributed by atoms with Gasteiger partial charge in [0, 0.05) is 23.3 Å². The molecule has 0 atom stereocenters. The number of carbonyl (C=O) groups excluding carboxylic acids is 2. The van der Waals surface area contributed by atoms with E-state index in [4.69, 9.17) is 11.6 Å². The van der Waals surface area contributed by atoms with E-state index >= 15 is 0 Å². The predicted octanol–water partition coefficient (Wildman–Crippen LogP) is 2.09. The number of nitrogens with zero attached hydrogens (tertiary/aromatic N) is 1. The maximum absolute atomic E-state index is 11.0. The van der Waals surface area contributed by atoms with E-state index in [1.807, 2.05) is 0 Å². The fourth-order valence-electron chi connectivity index (χ4n) is 1.26. The Bertz CT molecular complexity index is 456. The Hall–Kier alpha value is -1.75. The van der Waals surface area contributed by atoms with Crippen molar-refractivity contribution in [3.05, 3.63) is 38.9 Å². The van der Waals surface area contributed by atoms with Gasteiger partial charge in [-0.1, -0.05) is 0 Å². The van der Waals surface area contributed by atoms with Crippen LogP contribution in [0.2, 0.25) is 0 Å². The summed E-state index contributed by atoms with van der Waals surface area (Å²) in [4.78, 5) is 31.4. The Morgan fingerprint density at radius 1 is 1.53 bits per heavy atom. The number of nitro benzene ring substituents is 1. The summed E-state index contributed by atoms with van der Waals surface area (Å²) in [5.74, 6) is 0. The van der Waals surface area contributed by atoms with Gasteiger partial charge in [-0.3, -0.25) is 19.7 Å². The van der Waals surface area contributed by atoms with Crippen LogP contribution in [0.25, 0.3) is 0 Å². The summed E-state index contributed by atoms with van der Waals surface area (Å²) in [6.07, 6.45) is 0.371. The number of non-ortho nitro benzene ring substituents is 1. The molecule has 0 fully saturated rings. The molecule has 0 heterocycles. The number of hydrogen-bond donors (Lipinski definition) is 0. The molecule has 0 spiro atoms. The lowest BCUT2D eigenvalue weighted by Gasteiger charge is -2.03. The molecular weight excluding hydrogens is 222 g/mol. The van der Waals surface area contributed by atoms with Crippen molar-refractivity contribution in [2.24, 2.45) is 0 Å². The van der Waals surface area contributed by atoms with Gasteiger partial charge in [0.05, 0.1) is 4.92 Å². The second-order valence-electron chi connectivity index (χ2n) is 2.88. The van der Waals surface area contributed by atoms with Gasteiger partial charge in [-0.2, -0.15) is 0 Å². The lowest BCUT2D eigenvalue weighted by atomic mass is 10.0. The van der Waals surface area contributed by atoms with Crippen molar-refractivity contribution in [2.75, 3.05) is 0 Å². The first-order valence-corrected chi connectivity index (χ1v) is 4.29. The Labute approximate surface area is 89.8 Å².